The van der Waals surface area contributed by atoms with E-state index in [0.29, 0.717) is 12.6 Å². The van der Waals surface area contributed by atoms with Gasteiger partial charge in [-0.15, -0.1) is 0 Å². The second kappa shape index (κ2) is 7.48. The Morgan fingerprint density at radius 3 is 2.75 bits per heavy atom. The molecule has 20 heavy (non-hydrogen) atoms. The number of aromatic nitrogens is 1. The van der Waals surface area contributed by atoms with Gasteiger partial charge in [0, 0.05) is 25.2 Å². The molecule has 1 fully saturated rings. The quantitative estimate of drug-likeness (QED) is 0.867. The fourth-order valence-corrected chi connectivity index (χ4v) is 2.58. The molecule has 4 nitrogen and oxygen atoms in total. The summed E-state index contributed by atoms with van der Waals surface area (Å²) in [5, 5.41) is 3.54. The third kappa shape index (κ3) is 4.37. The van der Waals surface area contributed by atoms with Gasteiger partial charge in [-0.25, -0.2) is 0 Å². The number of nitrogens with zero attached hydrogens (tertiary/aromatic N) is 2. The van der Waals surface area contributed by atoms with Crippen LogP contribution in [0, 0.1) is 5.92 Å². The van der Waals surface area contributed by atoms with E-state index in [4.69, 9.17) is 4.74 Å². The molecule has 1 aromatic rings. The van der Waals surface area contributed by atoms with Crippen molar-refractivity contribution in [2.45, 2.75) is 39.7 Å². The van der Waals surface area contributed by atoms with Crippen molar-refractivity contribution in [2.24, 2.45) is 5.92 Å². The number of ether oxygens (including phenoxy) is 1. The van der Waals surface area contributed by atoms with Gasteiger partial charge in [0.15, 0.2) is 0 Å². The molecule has 0 amide bonds. The number of pyridine rings is 1. The summed E-state index contributed by atoms with van der Waals surface area (Å²) in [6, 6.07) is 6.61. The predicted molar refractivity (Wildman–Crippen MR) is 83.5 cm³/mol. The number of hydrogen-bond donors (Lipinski definition) is 1. The highest BCUT2D eigenvalue weighted by Gasteiger charge is 2.20. The average molecular weight is 277 g/mol. The topological polar surface area (TPSA) is 37.4 Å². The molecular formula is C16H27N3O. The Morgan fingerprint density at radius 1 is 1.35 bits per heavy atom. The van der Waals surface area contributed by atoms with Crippen molar-refractivity contribution in [3.8, 4) is 5.88 Å². The van der Waals surface area contributed by atoms with Crippen LogP contribution in [0.2, 0.25) is 0 Å². The van der Waals surface area contributed by atoms with Gasteiger partial charge in [0.05, 0.1) is 6.61 Å². The average Bonchev–Trinajstić information content (AvgIpc) is 2.46. The summed E-state index contributed by atoms with van der Waals surface area (Å²) in [6.45, 7) is 10.4. The van der Waals surface area contributed by atoms with E-state index in [9.17, 15) is 0 Å². The fraction of sp³-hybridized carbons (Fsp3) is 0.688. The zero-order valence-electron chi connectivity index (χ0n) is 12.9. The molecule has 4 heteroatoms. The van der Waals surface area contributed by atoms with E-state index >= 15 is 0 Å². The number of nitrogens with one attached hydrogen (secondary N) is 1. The molecule has 0 unspecified atom stereocenters. The SMILES string of the molecule is CCOc1cccc(N2CCC(CNC(C)C)CC2)n1. The van der Waals surface area contributed by atoms with Crippen molar-refractivity contribution in [1.82, 2.24) is 10.3 Å². The maximum Gasteiger partial charge on any atom is 0.215 e. The first-order chi connectivity index (χ1) is 9.69. The van der Waals surface area contributed by atoms with E-state index in [0.717, 1.165) is 37.3 Å². The molecule has 0 atom stereocenters. The van der Waals surface area contributed by atoms with Crippen molar-refractivity contribution < 1.29 is 4.74 Å². The second-order valence-electron chi connectivity index (χ2n) is 5.76. The summed E-state index contributed by atoms with van der Waals surface area (Å²) >= 11 is 0. The second-order valence-corrected chi connectivity index (χ2v) is 5.76. The lowest BCUT2D eigenvalue weighted by Gasteiger charge is -2.33. The Hall–Kier alpha value is -1.29. The van der Waals surface area contributed by atoms with Crippen LogP contribution in [0.1, 0.15) is 33.6 Å². The Labute approximate surface area is 122 Å². The van der Waals surface area contributed by atoms with Crippen molar-refractivity contribution in [1.29, 1.82) is 0 Å². The van der Waals surface area contributed by atoms with Gasteiger partial charge in [-0.1, -0.05) is 19.9 Å². The van der Waals surface area contributed by atoms with Gasteiger partial charge in [0.1, 0.15) is 5.82 Å². The molecule has 0 aromatic carbocycles. The standard InChI is InChI=1S/C16H27N3O/c1-4-20-16-7-5-6-15(18-16)19-10-8-14(9-11-19)12-17-13(2)3/h5-7,13-14,17H,4,8-12H2,1-3H3. The Morgan fingerprint density at radius 2 is 2.10 bits per heavy atom. The third-order valence-corrected chi connectivity index (χ3v) is 3.75. The van der Waals surface area contributed by atoms with Gasteiger partial charge < -0.3 is 15.0 Å². The molecule has 112 valence electrons. The van der Waals surface area contributed by atoms with Crippen LogP contribution in [0.5, 0.6) is 5.88 Å². The van der Waals surface area contributed by atoms with Crippen LogP contribution in [-0.4, -0.2) is 37.3 Å². The molecule has 0 aliphatic carbocycles. The number of piperidine rings is 1. The maximum absolute atomic E-state index is 5.48. The van der Waals surface area contributed by atoms with Crippen LogP contribution in [0.3, 0.4) is 0 Å². The smallest absolute Gasteiger partial charge is 0.215 e. The van der Waals surface area contributed by atoms with Crippen LogP contribution in [-0.2, 0) is 0 Å². The minimum absolute atomic E-state index is 0.581. The van der Waals surface area contributed by atoms with E-state index in [-0.39, 0.29) is 0 Å². The van der Waals surface area contributed by atoms with Gasteiger partial charge in [-0.05, 0) is 38.3 Å². The van der Waals surface area contributed by atoms with E-state index in [1.807, 2.05) is 19.1 Å². The molecule has 0 bridgehead atoms. The van der Waals surface area contributed by atoms with E-state index in [1.54, 1.807) is 0 Å². The minimum Gasteiger partial charge on any atom is -0.478 e. The van der Waals surface area contributed by atoms with Crippen LogP contribution >= 0.6 is 0 Å². The minimum atomic E-state index is 0.581. The molecule has 2 rings (SSSR count). The largest absolute Gasteiger partial charge is 0.478 e. The number of anilines is 1. The number of hydrogen-bond acceptors (Lipinski definition) is 4. The third-order valence-electron chi connectivity index (χ3n) is 3.75. The molecule has 1 N–H and O–H groups in total. The van der Waals surface area contributed by atoms with E-state index in [2.05, 4.69) is 35.1 Å². The van der Waals surface area contributed by atoms with Gasteiger partial charge in [-0.3, -0.25) is 0 Å². The lowest BCUT2D eigenvalue weighted by Crippen LogP contribution is -2.39. The Balaban J connectivity index is 1.85. The van der Waals surface area contributed by atoms with Crippen LogP contribution < -0.4 is 15.0 Å². The first kappa shape index (κ1) is 15.1. The lowest BCUT2D eigenvalue weighted by molar-refractivity contribution is 0.326. The Bertz CT molecular complexity index is 400. The van der Waals surface area contributed by atoms with Crippen LogP contribution in [0.15, 0.2) is 18.2 Å². The van der Waals surface area contributed by atoms with Gasteiger partial charge in [-0.2, -0.15) is 4.98 Å². The van der Waals surface area contributed by atoms with Crippen molar-refractivity contribution in [2.75, 3.05) is 31.1 Å². The molecule has 2 heterocycles. The molecule has 0 spiro atoms. The monoisotopic (exact) mass is 277 g/mol. The van der Waals surface area contributed by atoms with Crippen molar-refractivity contribution >= 4 is 5.82 Å². The first-order valence-corrected chi connectivity index (χ1v) is 7.77. The summed E-state index contributed by atoms with van der Waals surface area (Å²) in [4.78, 5) is 6.94. The molecule has 1 aliphatic heterocycles. The normalized spacial score (nSPS) is 16.7. The molecule has 0 saturated carbocycles. The Kier molecular flexibility index (Phi) is 5.65. The highest BCUT2D eigenvalue weighted by Crippen LogP contribution is 2.23. The molecule has 0 radical (unpaired) electrons. The maximum atomic E-state index is 5.48. The molecule has 1 saturated heterocycles. The number of rotatable bonds is 6. The highest BCUT2D eigenvalue weighted by atomic mass is 16.5. The molecular weight excluding hydrogens is 250 g/mol. The summed E-state index contributed by atoms with van der Waals surface area (Å²) in [7, 11) is 0. The summed E-state index contributed by atoms with van der Waals surface area (Å²) in [5.74, 6) is 2.57. The lowest BCUT2D eigenvalue weighted by atomic mass is 9.96. The fourth-order valence-electron chi connectivity index (χ4n) is 2.58. The van der Waals surface area contributed by atoms with Crippen LogP contribution in [0.25, 0.3) is 0 Å². The van der Waals surface area contributed by atoms with Gasteiger partial charge in [0.25, 0.3) is 0 Å². The van der Waals surface area contributed by atoms with E-state index in [1.165, 1.54) is 12.8 Å². The first-order valence-electron chi connectivity index (χ1n) is 7.77. The summed E-state index contributed by atoms with van der Waals surface area (Å²) in [6.07, 6.45) is 2.47. The molecule has 1 aromatic heterocycles. The predicted octanol–water partition coefficient (Wildman–Crippen LogP) is 2.69. The van der Waals surface area contributed by atoms with Crippen molar-refractivity contribution in [3.63, 3.8) is 0 Å². The van der Waals surface area contributed by atoms with Crippen molar-refractivity contribution in [3.05, 3.63) is 18.2 Å². The van der Waals surface area contributed by atoms with Crippen LogP contribution in [0.4, 0.5) is 5.82 Å². The van der Waals surface area contributed by atoms with E-state index < -0.39 is 0 Å². The van der Waals surface area contributed by atoms with Gasteiger partial charge >= 0.3 is 0 Å². The summed E-state index contributed by atoms with van der Waals surface area (Å²) in [5.41, 5.74) is 0. The zero-order chi connectivity index (χ0) is 14.4. The summed E-state index contributed by atoms with van der Waals surface area (Å²) < 4.78 is 5.48. The highest BCUT2D eigenvalue weighted by molar-refractivity contribution is 5.41. The van der Waals surface area contributed by atoms with Gasteiger partial charge in [0.2, 0.25) is 5.88 Å². The molecule has 1 aliphatic rings. The zero-order valence-corrected chi connectivity index (χ0v) is 12.9.